The Balaban J connectivity index is 1.91. The molecule has 0 bridgehead atoms. The molecule has 166 valence electrons. The van der Waals surface area contributed by atoms with Crippen LogP contribution in [0.5, 0.6) is 5.75 Å². The average Bonchev–Trinajstić information content (AvgIpc) is 3.00. The number of halogens is 4. The first-order chi connectivity index (χ1) is 14.2. The van der Waals surface area contributed by atoms with Gasteiger partial charge in [-0.05, 0) is 41.3 Å². The van der Waals surface area contributed by atoms with Gasteiger partial charge in [-0.2, -0.15) is 13.2 Å². The number of fused-ring (bicyclic) bond motifs is 1. The van der Waals surface area contributed by atoms with Gasteiger partial charge in [0.1, 0.15) is 12.4 Å². The Bertz CT molecular complexity index is 1050. The number of phenols is 1. The van der Waals surface area contributed by atoms with Gasteiger partial charge in [-0.15, -0.1) is 0 Å². The van der Waals surface area contributed by atoms with Crippen LogP contribution in [0.4, 0.5) is 18.9 Å². The first-order valence-electron chi connectivity index (χ1n) is 9.14. The highest BCUT2D eigenvalue weighted by atomic mass is 79.9. The Morgan fingerprint density at radius 1 is 1.19 bits per heavy atom. The number of nitrogens with one attached hydrogen (secondary N) is 1. The molecule has 1 unspecified atom stereocenters. The minimum atomic E-state index is -5.30. The fourth-order valence-corrected chi connectivity index (χ4v) is 3.92. The predicted molar refractivity (Wildman–Crippen MR) is 109 cm³/mol. The number of benzene rings is 2. The van der Waals surface area contributed by atoms with Crippen LogP contribution in [-0.2, 0) is 21.6 Å². The van der Waals surface area contributed by atoms with E-state index in [0.717, 1.165) is 0 Å². The van der Waals surface area contributed by atoms with E-state index in [0.29, 0.717) is 10.0 Å². The number of aliphatic hydroxyl groups is 1. The predicted octanol–water partition coefficient (Wildman–Crippen LogP) is 4.42. The van der Waals surface area contributed by atoms with Gasteiger partial charge in [0.2, 0.25) is 5.60 Å². The highest BCUT2D eigenvalue weighted by molar-refractivity contribution is 9.10. The number of amides is 1. The molecule has 1 amide bonds. The van der Waals surface area contributed by atoms with Crippen molar-refractivity contribution in [2.45, 2.75) is 44.1 Å². The van der Waals surface area contributed by atoms with Gasteiger partial charge in [-0.1, -0.05) is 35.8 Å². The van der Waals surface area contributed by atoms with Gasteiger partial charge >= 0.3 is 12.1 Å². The van der Waals surface area contributed by atoms with Crippen molar-refractivity contribution >= 4 is 33.5 Å². The fourth-order valence-electron chi connectivity index (χ4n) is 3.57. The van der Waals surface area contributed by atoms with E-state index in [2.05, 4.69) is 21.2 Å². The maximum atomic E-state index is 13.9. The number of anilines is 1. The average molecular weight is 502 g/mol. The molecule has 0 aliphatic carbocycles. The van der Waals surface area contributed by atoms with Crippen LogP contribution in [0.15, 0.2) is 40.9 Å². The molecule has 1 aliphatic rings. The smallest absolute Gasteiger partial charge is 0.426 e. The number of hydrogen-bond donors (Lipinski definition) is 3. The lowest BCUT2D eigenvalue weighted by atomic mass is 9.74. The molecule has 0 spiro atoms. The van der Waals surface area contributed by atoms with Gasteiger partial charge in [-0.25, -0.2) is 4.79 Å². The molecule has 3 N–H and O–H groups in total. The maximum absolute atomic E-state index is 13.9. The van der Waals surface area contributed by atoms with E-state index in [1.165, 1.54) is 50.2 Å². The number of esters is 1. The highest BCUT2D eigenvalue weighted by Gasteiger charge is 2.61. The van der Waals surface area contributed by atoms with E-state index in [-0.39, 0.29) is 29.2 Å². The second-order valence-electron chi connectivity index (χ2n) is 7.98. The van der Waals surface area contributed by atoms with Crippen LogP contribution < -0.4 is 5.32 Å². The van der Waals surface area contributed by atoms with Crippen molar-refractivity contribution in [2.75, 3.05) is 5.32 Å². The van der Waals surface area contributed by atoms with Gasteiger partial charge in [-0.3, -0.25) is 4.79 Å². The number of carbonyl (C=O) groups is 2. The normalized spacial score (nSPS) is 15.8. The van der Waals surface area contributed by atoms with Crippen LogP contribution in [-0.4, -0.2) is 33.9 Å². The third-order valence-corrected chi connectivity index (χ3v) is 5.67. The second kappa shape index (κ2) is 7.83. The van der Waals surface area contributed by atoms with Crippen molar-refractivity contribution in [1.82, 2.24) is 0 Å². The molecule has 0 saturated heterocycles. The van der Waals surface area contributed by atoms with E-state index < -0.39 is 35.5 Å². The van der Waals surface area contributed by atoms with E-state index in [1.807, 2.05) is 0 Å². The van der Waals surface area contributed by atoms with Gasteiger partial charge in [0.25, 0.3) is 5.91 Å². The van der Waals surface area contributed by atoms with Crippen molar-refractivity contribution in [3.8, 4) is 5.75 Å². The first kappa shape index (κ1) is 23.1. The molecule has 10 heteroatoms. The number of rotatable bonds is 5. The molecule has 1 aliphatic heterocycles. The Kier molecular flexibility index (Phi) is 5.83. The summed E-state index contributed by atoms with van der Waals surface area (Å²) in [5, 5.41) is 22.8. The second-order valence-corrected chi connectivity index (χ2v) is 8.90. The SMILES string of the molecule is CC(C)(CC(O)(C(=O)Nc1ccc2c(c1)COC2=O)C(F)(F)F)c1ccc(Br)cc1O. The Hall–Kier alpha value is -2.59. The number of aromatic hydroxyl groups is 1. The van der Waals surface area contributed by atoms with Crippen LogP contribution in [0, 0.1) is 0 Å². The van der Waals surface area contributed by atoms with Crippen LogP contribution in [0.1, 0.15) is 41.8 Å². The van der Waals surface area contributed by atoms with Gasteiger partial charge in [0.05, 0.1) is 5.56 Å². The minimum absolute atomic E-state index is 0.0194. The number of carbonyl (C=O) groups excluding carboxylic acids is 2. The Labute approximate surface area is 184 Å². The first-order valence-corrected chi connectivity index (χ1v) is 9.93. The molecule has 3 rings (SSSR count). The number of ether oxygens (including phenoxy) is 1. The Morgan fingerprint density at radius 2 is 1.87 bits per heavy atom. The molecule has 6 nitrogen and oxygen atoms in total. The summed E-state index contributed by atoms with van der Waals surface area (Å²) in [6.07, 6.45) is -6.34. The standard InChI is InChI=1S/C21H19BrF3NO5/c1-19(2,15-6-3-12(22)8-16(15)27)10-20(30,21(23,24)25)18(29)26-13-4-5-14-11(7-13)9-31-17(14)28/h3-8,27,30H,9-10H2,1-2H3,(H,26,29). The third kappa shape index (κ3) is 4.40. The van der Waals surface area contributed by atoms with Crippen LogP contribution in [0.2, 0.25) is 0 Å². The molecule has 0 fully saturated rings. The molecular formula is C21H19BrF3NO5. The van der Waals surface area contributed by atoms with Crippen molar-refractivity contribution in [3.63, 3.8) is 0 Å². The molecule has 0 aromatic heterocycles. The van der Waals surface area contributed by atoms with Gasteiger partial charge in [0, 0.05) is 22.1 Å². The van der Waals surface area contributed by atoms with Crippen molar-refractivity contribution in [1.29, 1.82) is 0 Å². The molecule has 1 atom stereocenters. The topological polar surface area (TPSA) is 95.9 Å². The molecule has 31 heavy (non-hydrogen) atoms. The molecular weight excluding hydrogens is 483 g/mol. The number of cyclic esters (lactones) is 1. The zero-order valence-electron chi connectivity index (χ0n) is 16.5. The van der Waals surface area contributed by atoms with E-state index in [4.69, 9.17) is 4.74 Å². The summed E-state index contributed by atoms with van der Waals surface area (Å²) >= 11 is 3.16. The molecule has 0 saturated carbocycles. The molecule has 2 aromatic carbocycles. The van der Waals surface area contributed by atoms with Crippen LogP contribution >= 0.6 is 15.9 Å². The number of alkyl halides is 3. The Morgan fingerprint density at radius 3 is 2.48 bits per heavy atom. The van der Waals surface area contributed by atoms with Crippen molar-refractivity contribution < 1.29 is 37.7 Å². The third-order valence-electron chi connectivity index (χ3n) is 5.17. The van der Waals surface area contributed by atoms with Gasteiger partial charge < -0.3 is 20.3 Å². The molecule has 0 radical (unpaired) electrons. The van der Waals surface area contributed by atoms with Gasteiger partial charge in [0.15, 0.2) is 0 Å². The summed E-state index contributed by atoms with van der Waals surface area (Å²) < 4.78 is 47.0. The van der Waals surface area contributed by atoms with E-state index >= 15 is 0 Å². The number of phenolic OH excluding ortho intramolecular Hbond substituents is 1. The highest BCUT2D eigenvalue weighted by Crippen LogP contribution is 2.44. The largest absolute Gasteiger partial charge is 0.508 e. The maximum Gasteiger partial charge on any atom is 0.426 e. The zero-order valence-corrected chi connectivity index (χ0v) is 18.1. The summed E-state index contributed by atoms with van der Waals surface area (Å²) in [6, 6.07) is 8.18. The van der Waals surface area contributed by atoms with E-state index in [1.54, 1.807) is 0 Å². The van der Waals surface area contributed by atoms with E-state index in [9.17, 15) is 33.0 Å². The summed E-state index contributed by atoms with van der Waals surface area (Å²) in [5.74, 6) is -2.50. The van der Waals surface area contributed by atoms with Crippen molar-refractivity contribution in [3.05, 3.63) is 57.6 Å². The lowest BCUT2D eigenvalue weighted by Gasteiger charge is -2.37. The summed E-state index contributed by atoms with van der Waals surface area (Å²) in [6.45, 7) is 2.72. The lowest BCUT2D eigenvalue weighted by Crippen LogP contribution is -2.57. The monoisotopic (exact) mass is 501 g/mol. The summed E-state index contributed by atoms with van der Waals surface area (Å²) in [5.41, 5.74) is -4.38. The fraction of sp³-hybridized carbons (Fsp3) is 0.333. The lowest BCUT2D eigenvalue weighted by molar-refractivity contribution is -0.254. The quantitative estimate of drug-likeness (QED) is 0.527. The summed E-state index contributed by atoms with van der Waals surface area (Å²) in [7, 11) is 0. The van der Waals surface area contributed by atoms with Crippen molar-refractivity contribution in [2.24, 2.45) is 0 Å². The number of hydrogen-bond acceptors (Lipinski definition) is 5. The summed E-state index contributed by atoms with van der Waals surface area (Å²) in [4.78, 5) is 24.2. The minimum Gasteiger partial charge on any atom is -0.508 e. The molecule has 1 heterocycles. The zero-order chi connectivity index (χ0) is 23.2. The van der Waals surface area contributed by atoms with Crippen LogP contribution in [0.25, 0.3) is 0 Å². The van der Waals surface area contributed by atoms with Crippen LogP contribution in [0.3, 0.4) is 0 Å². The molecule has 2 aromatic rings.